The van der Waals surface area contributed by atoms with Crippen LogP contribution in [0.15, 0.2) is 17.5 Å². The lowest BCUT2D eigenvalue weighted by atomic mass is 9.97. The maximum absolute atomic E-state index is 12.5. The molecule has 0 aromatic carbocycles. The average Bonchev–Trinajstić information content (AvgIpc) is 2.89. The fourth-order valence-electron chi connectivity index (χ4n) is 2.82. The van der Waals surface area contributed by atoms with E-state index < -0.39 is 11.9 Å². The van der Waals surface area contributed by atoms with Crippen molar-refractivity contribution in [2.75, 3.05) is 19.6 Å². The number of rotatable bonds is 6. The van der Waals surface area contributed by atoms with Crippen LogP contribution in [-0.2, 0) is 9.53 Å². The molecular weight excluding hydrogens is 290 g/mol. The number of ether oxygens (including phenoxy) is 1. The van der Waals surface area contributed by atoms with Crippen molar-refractivity contribution in [1.29, 1.82) is 0 Å². The zero-order valence-corrected chi connectivity index (χ0v) is 13.1. The van der Waals surface area contributed by atoms with Gasteiger partial charge in [-0.1, -0.05) is 6.07 Å². The summed E-state index contributed by atoms with van der Waals surface area (Å²) in [6, 6.07) is 3.57. The predicted molar refractivity (Wildman–Crippen MR) is 80.8 cm³/mol. The van der Waals surface area contributed by atoms with Crippen LogP contribution < -0.4 is 0 Å². The van der Waals surface area contributed by atoms with Crippen molar-refractivity contribution in [3.8, 4) is 0 Å². The number of thiophene rings is 1. The molecule has 1 aliphatic rings. The number of carbonyl (C=O) groups excluding carboxylic acids is 1. The minimum absolute atomic E-state index is 0.0702. The van der Waals surface area contributed by atoms with Crippen molar-refractivity contribution in [2.24, 2.45) is 5.92 Å². The first-order valence-electron chi connectivity index (χ1n) is 7.13. The Morgan fingerprint density at radius 3 is 2.62 bits per heavy atom. The summed E-state index contributed by atoms with van der Waals surface area (Å²) in [5.41, 5.74) is 0. The first-order valence-corrected chi connectivity index (χ1v) is 8.01. The first kappa shape index (κ1) is 16.1. The molecule has 2 heterocycles. The summed E-state index contributed by atoms with van der Waals surface area (Å²) in [6.07, 6.45) is 0.0868. The van der Waals surface area contributed by atoms with E-state index in [2.05, 4.69) is 4.90 Å². The molecule has 1 N–H and O–H groups in total. The van der Waals surface area contributed by atoms with Gasteiger partial charge < -0.3 is 9.84 Å². The molecule has 0 radical (unpaired) electrons. The molecule has 6 heteroatoms. The molecule has 0 aliphatic carbocycles. The molecule has 3 atom stereocenters. The first-order chi connectivity index (χ1) is 9.95. The number of carboxylic acids is 1. The summed E-state index contributed by atoms with van der Waals surface area (Å²) >= 11 is 1.36. The quantitative estimate of drug-likeness (QED) is 0.815. The molecule has 0 amide bonds. The Morgan fingerprint density at radius 1 is 1.43 bits per heavy atom. The van der Waals surface area contributed by atoms with E-state index in [0.29, 0.717) is 11.4 Å². The molecule has 21 heavy (non-hydrogen) atoms. The van der Waals surface area contributed by atoms with Crippen molar-refractivity contribution in [3.05, 3.63) is 22.4 Å². The Labute approximate surface area is 128 Å². The minimum atomic E-state index is -0.931. The summed E-state index contributed by atoms with van der Waals surface area (Å²) in [5.74, 6) is -1.50. The lowest BCUT2D eigenvalue weighted by Gasteiger charge is -2.36. The van der Waals surface area contributed by atoms with Crippen LogP contribution in [0, 0.1) is 5.92 Å². The van der Waals surface area contributed by atoms with E-state index in [-0.39, 0.29) is 24.4 Å². The average molecular weight is 311 g/mol. The highest BCUT2D eigenvalue weighted by molar-refractivity contribution is 7.12. The van der Waals surface area contributed by atoms with Gasteiger partial charge in [-0.05, 0) is 25.3 Å². The molecule has 2 rings (SSSR count). The van der Waals surface area contributed by atoms with Crippen LogP contribution in [0.2, 0.25) is 0 Å². The summed E-state index contributed by atoms with van der Waals surface area (Å²) in [5, 5.41) is 10.9. The highest BCUT2D eigenvalue weighted by atomic mass is 32.1. The number of morpholine rings is 1. The van der Waals surface area contributed by atoms with Crippen molar-refractivity contribution in [2.45, 2.75) is 32.5 Å². The summed E-state index contributed by atoms with van der Waals surface area (Å²) in [4.78, 5) is 26.3. The fraction of sp³-hybridized carbons (Fsp3) is 0.600. The number of ketones is 1. The van der Waals surface area contributed by atoms with Crippen LogP contribution in [0.5, 0.6) is 0 Å². The van der Waals surface area contributed by atoms with Crippen molar-refractivity contribution < 1.29 is 19.4 Å². The van der Waals surface area contributed by atoms with E-state index in [4.69, 9.17) is 9.84 Å². The third-order valence-electron chi connectivity index (χ3n) is 3.53. The molecule has 1 aliphatic heterocycles. The number of nitrogens with zero attached hydrogens (tertiary/aromatic N) is 1. The smallest absolute Gasteiger partial charge is 0.304 e. The highest BCUT2D eigenvalue weighted by Gasteiger charge is 2.29. The van der Waals surface area contributed by atoms with E-state index in [9.17, 15) is 9.59 Å². The van der Waals surface area contributed by atoms with Gasteiger partial charge in [-0.15, -0.1) is 11.3 Å². The standard InChI is InChI=1S/C15H21NO4S/c1-10-7-16(8-11(2)20-10)9-12(6-14(17)18)15(19)13-4-3-5-21-13/h3-5,10-12H,6-9H2,1-2H3,(H,17,18). The van der Waals surface area contributed by atoms with Crippen LogP contribution in [-0.4, -0.2) is 53.6 Å². The number of carbonyl (C=O) groups is 2. The van der Waals surface area contributed by atoms with Crippen molar-refractivity contribution in [1.82, 2.24) is 4.90 Å². The Balaban J connectivity index is 2.05. The van der Waals surface area contributed by atoms with Gasteiger partial charge in [0.2, 0.25) is 0 Å². The number of Topliss-reactive ketones (excluding diaryl/α,β-unsaturated/α-hetero) is 1. The molecule has 0 bridgehead atoms. The van der Waals surface area contributed by atoms with E-state index in [0.717, 1.165) is 13.1 Å². The lowest BCUT2D eigenvalue weighted by molar-refractivity contribution is -0.138. The highest BCUT2D eigenvalue weighted by Crippen LogP contribution is 2.20. The number of hydrogen-bond donors (Lipinski definition) is 1. The van der Waals surface area contributed by atoms with Gasteiger partial charge in [0.05, 0.1) is 23.5 Å². The maximum Gasteiger partial charge on any atom is 0.304 e. The third kappa shape index (κ3) is 4.62. The minimum Gasteiger partial charge on any atom is -0.481 e. The number of aliphatic carboxylic acids is 1. The zero-order chi connectivity index (χ0) is 15.4. The summed E-state index contributed by atoms with van der Waals surface area (Å²) < 4.78 is 5.67. The molecule has 1 aromatic rings. The van der Waals surface area contributed by atoms with Crippen LogP contribution in [0.3, 0.4) is 0 Å². The van der Waals surface area contributed by atoms with Gasteiger partial charge in [0.1, 0.15) is 0 Å². The van der Waals surface area contributed by atoms with Gasteiger partial charge in [-0.2, -0.15) is 0 Å². The molecule has 3 unspecified atom stereocenters. The SMILES string of the molecule is CC1CN(CC(CC(=O)O)C(=O)c2cccs2)CC(C)O1. The molecule has 1 fully saturated rings. The normalized spacial score (nSPS) is 24.7. The predicted octanol–water partition coefficient (Wildman–Crippen LogP) is 2.13. The second kappa shape index (κ2) is 7.15. The molecule has 1 saturated heterocycles. The Morgan fingerprint density at radius 2 is 2.10 bits per heavy atom. The largest absolute Gasteiger partial charge is 0.481 e. The number of hydrogen-bond acceptors (Lipinski definition) is 5. The molecule has 0 spiro atoms. The van der Waals surface area contributed by atoms with Crippen molar-refractivity contribution in [3.63, 3.8) is 0 Å². The van der Waals surface area contributed by atoms with Crippen LogP contribution in [0.25, 0.3) is 0 Å². The summed E-state index contributed by atoms with van der Waals surface area (Å²) in [6.45, 7) is 5.93. The molecule has 116 valence electrons. The fourth-order valence-corrected chi connectivity index (χ4v) is 3.56. The van der Waals surface area contributed by atoms with E-state index >= 15 is 0 Å². The van der Waals surface area contributed by atoms with Crippen LogP contribution >= 0.6 is 11.3 Å². The second-order valence-corrected chi connectivity index (χ2v) is 6.56. The van der Waals surface area contributed by atoms with E-state index in [1.807, 2.05) is 25.3 Å². The van der Waals surface area contributed by atoms with Gasteiger partial charge in [0, 0.05) is 25.6 Å². The Bertz CT molecular complexity index is 478. The monoisotopic (exact) mass is 311 g/mol. The van der Waals surface area contributed by atoms with Gasteiger partial charge in [0.15, 0.2) is 5.78 Å². The van der Waals surface area contributed by atoms with Gasteiger partial charge in [-0.3, -0.25) is 14.5 Å². The Kier molecular flexibility index (Phi) is 5.50. The second-order valence-electron chi connectivity index (χ2n) is 5.61. The van der Waals surface area contributed by atoms with Crippen molar-refractivity contribution >= 4 is 23.1 Å². The molecular formula is C15H21NO4S. The summed E-state index contributed by atoms with van der Waals surface area (Å²) in [7, 11) is 0. The molecule has 5 nitrogen and oxygen atoms in total. The molecule has 1 aromatic heterocycles. The zero-order valence-electron chi connectivity index (χ0n) is 12.3. The van der Waals surface area contributed by atoms with Gasteiger partial charge in [-0.25, -0.2) is 0 Å². The topological polar surface area (TPSA) is 66.8 Å². The van der Waals surface area contributed by atoms with E-state index in [1.165, 1.54) is 11.3 Å². The third-order valence-corrected chi connectivity index (χ3v) is 4.41. The number of carboxylic acid groups (broad SMARTS) is 1. The van der Waals surface area contributed by atoms with E-state index in [1.54, 1.807) is 6.07 Å². The molecule has 0 saturated carbocycles. The van der Waals surface area contributed by atoms with Crippen LogP contribution in [0.1, 0.15) is 29.9 Å². The van der Waals surface area contributed by atoms with Gasteiger partial charge in [0.25, 0.3) is 0 Å². The lowest BCUT2D eigenvalue weighted by Crippen LogP contribution is -2.48. The maximum atomic E-state index is 12.5. The van der Waals surface area contributed by atoms with Gasteiger partial charge >= 0.3 is 5.97 Å². The van der Waals surface area contributed by atoms with Crippen LogP contribution in [0.4, 0.5) is 0 Å². The Hall–Kier alpha value is -1.24.